The highest BCUT2D eigenvalue weighted by atomic mass is 16.3. The minimum atomic E-state index is 0.0380. The van der Waals surface area contributed by atoms with Gasteiger partial charge in [0.05, 0.1) is 6.04 Å². The molecule has 1 saturated carbocycles. The number of rotatable bonds is 7. The lowest BCUT2D eigenvalue weighted by molar-refractivity contribution is 0.0933. The Labute approximate surface area is 222 Å². The summed E-state index contributed by atoms with van der Waals surface area (Å²) < 4.78 is 0. The Balaban J connectivity index is 1.39. The summed E-state index contributed by atoms with van der Waals surface area (Å²) in [6.07, 6.45) is 14.1. The normalized spacial score (nSPS) is 24.5. The minimum Gasteiger partial charge on any atom is -0.508 e. The molecule has 198 valence electrons. The van der Waals surface area contributed by atoms with Gasteiger partial charge >= 0.3 is 0 Å². The number of phenolic OH excluding ortho intramolecular Hbond substituents is 1. The Morgan fingerprint density at radius 2 is 1.70 bits per heavy atom. The van der Waals surface area contributed by atoms with E-state index in [1.807, 2.05) is 30.3 Å². The van der Waals surface area contributed by atoms with Gasteiger partial charge in [-0.15, -0.1) is 6.58 Å². The molecular formula is C32H43N3O2. The van der Waals surface area contributed by atoms with Crippen molar-refractivity contribution in [2.24, 2.45) is 0 Å². The first kappa shape index (κ1) is 26.0. The zero-order valence-corrected chi connectivity index (χ0v) is 22.2. The molecule has 3 aliphatic rings. The Morgan fingerprint density at radius 3 is 2.43 bits per heavy atom. The highest BCUT2D eigenvalue weighted by Crippen LogP contribution is 2.36. The average Bonchev–Trinajstić information content (AvgIpc) is 3.21. The van der Waals surface area contributed by atoms with Crippen LogP contribution in [0.1, 0.15) is 91.7 Å². The van der Waals surface area contributed by atoms with Crippen LogP contribution in [0.15, 0.2) is 61.2 Å². The van der Waals surface area contributed by atoms with Crippen molar-refractivity contribution in [1.82, 2.24) is 15.1 Å². The fourth-order valence-corrected chi connectivity index (χ4v) is 6.90. The molecule has 1 aliphatic carbocycles. The highest BCUT2D eigenvalue weighted by Gasteiger charge is 2.36. The molecule has 2 aliphatic heterocycles. The van der Waals surface area contributed by atoms with Gasteiger partial charge in [-0.25, -0.2) is 0 Å². The third kappa shape index (κ3) is 6.27. The Kier molecular flexibility index (Phi) is 8.62. The third-order valence-corrected chi connectivity index (χ3v) is 8.78. The summed E-state index contributed by atoms with van der Waals surface area (Å²) in [6.45, 7) is 6.98. The SMILES string of the molecule is C=CCN1C2CCCC1CN(C(c1ccc(C(=O)NC3CCCCCC3)cc1)c1cccc(O)c1)CC2. The second-order valence-corrected chi connectivity index (χ2v) is 11.3. The van der Waals surface area contributed by atoms with Gasteiger partial charge in [0.15, 0.2) is 0 Å². The van der Waals surface area contributed by atoms with E-state index in [0.717, 1.165) is 50.0 Å². The van der Waals surface area contributed by atoms with Crippen LogP contribution in [-0.4, -0.2) is 58.6 Å². The molecule has 5 nitrogen and oxygen atoms in total. The molecule has 0 spiro atoms. The van der Waals surface area contributed by atoms with E-state index in [2.05, 4.69) is 39.9 Å². The van der Waals surface area contributed by atoms with Gasteiger partial charge in [0.1, 0.15) is 5.75 Å². The number of carbonyl (C=O) groups is 1. The zero-order valence-electron chi connectivity index (χ0n) is 22.2. The van der Waals surface area contributed by atoms with Crippen molar-refractivity contribution in [2.45, 2.75) is 88.4 Å². The summed E-state index contributed by atoms with van der Waals surface area (Å²) in [7, 11) is 0. The maximum absolute atomic E-state index is 13.0. The Hall–Kier alpha value is -2.63. The monoisotopic (exact) mass is 501 g/mol. The zero-order chi connectivity index (χ0) is 25.6. The number of phenols is 1. The van der Waals surface area contributed by atoms with Gasteiger partial charge in [-0.3, -0.25) is 14.6 Å². The second kappa shape index (κ2) is 12.3. The predicted octanol–water partition coefficient (Wildman–Crippen LogP) is 6.05. The number of piperidine rings is 1. The van der Waals surface area contributed by atoms with Crippen LogP contribution in [0.25, 0.3) is 0 Å². The standard InChI is InChI=1S/C32H43N3O2/c1-2-20-35-28-12-8-13-29(35)23-34(21-19-28)31(26-9-7-14-30(36)22-26)24-15-17-25(18-16-24)32(37)33-27-10-5-3-4-6-11-27/h2,7,9,14-18,22,27-29,31,36H,1,3-6,8,10-13,19-21,23H2,(H,33,37). The van der Waals surface area contributed by atoms with Crippen LogP contribution in [0.5, 0.6) is 5.75 Å². The number of hydrogen-bond acceptors (Lipinski definition) is 4. The summed E-state index contributed by atoms with van der Waals surface area (Å²) in [5.41, 5.74) is 3.00. The molecular weight excluding hydrogens is 458 g/mol. The van der Waals surface area contributed by atoms with Gasteiger partial charge in [-0.05, 0) is 67.5 Å². The molecule has 5 rings (SSSR count). The number of hydrogen-bond donors (Lipinski definition) is 2. The van der Waals surface area contributed by atoms with Crippen LogP contribution in [0.4, 0.5) is 0 Å². The van der Waals surface area contributed by atoms with Crippen molar-refractivity contribution < 1.29 is 9.90 Å². The molecule has 0 radical (unpaired) electrons. The number of benzene rings is 2. The van der Waals surface area contributed by atoms with Gasteiger partial charge in [0, 0.05) is 43.3 Å². The van der Waals surface area contributed by atoms with Gasteiger partial charge in [-0.1, -0.05) is 62.4 Å². The number of fused-ring (bicyclic) bond motifs is 2. The second-order valence-electron chi connectivity index (χ2n) is 11.3. The lowest BCUT2D eigenvalue weighted by atomic mass is 9.94. The summed E-state index contributed by atoms with van der Waals surface area (Å²) in [5.74, 6) is 0.333. The van der Waals surface area contributed by atoms with Gasteiger partial charge in [0.2, 0.25) is 0 Å². The number of aromatic hydroxyl groups is 1. The van der Waals surface area contributed by atoms with Gasteiger partial charge < -0.3 is 10.4 Å². The van der Waals surface area contributed by atoms with Crippen LogP contribution in [0.2, 0.25) is 0 Å². The first-order chi connectivity index (χ1) is 18.1. The Bertz CT molecular complexity index is 1040. The lowest BCUT2D eigenvalue weighted by Crippen LogP contribution is -2.48. The molecule has 3 atom stereocenters. The van der Waals surface area contributed by atoms with Gasteiger partial charge in [-0.2, -0.15) is 0 Å². The number of nitrogens with zero attached hydrogens (tertiary/aromatic N) is 2. The molecule has 3 unspecified atom stereocenters. The van der Waals surface area contributed by atoms with Crippen molar-refractivity contribution in [3.05, 3.63) is 77.9 Å². The maximum atomic E-state index is 13.0. The summed E-state index contributed by atoms with van der Waals surface area (Å²) in [5, 5.41) is 13.6. The average molecular weight is 502 g/mol. The van der Waals surface area contributed by atoms with E-state index in [-0.39, 0.29) is 11.9 Å². The molecule has 0 aromatic heterocycles. The van der Waals surface area contributed by atoms with E-state index < -0.39 is 0 Å². The lowest BCUT2D eigenvalue weighted by Gasteiger charge is -2.41. The van der Waals surface area contributed by atoms with Crippen LogP contribution < -0.4 is 5.32 Å². The van der Waals surface area contributed by atoms with E-state index >= 15 is 0 Å². The number of nitrogens with one attached hydrogen (secondary N) is 1. The van der Waals surface area contributed by atoms with E-state index in [0.29, 0.717) is 23.9 Å². The number of carbonyl (C=O) groups excluding carboxylic acids is 1. The predicted molar refractivity (Wildman–Crippen MR) is 150 cm³/mol. The first-order valence-electron chi connectivity index (χ1n) is 14.4. The van der Waals surface area contributed by atoms with E-state index in [1.165, 1.54) is 50.5 Å². The first-order valence-corrected chi connectivity index (χ1v) is 14.4. The van der Waals surface area contributed by atoms with Crippen molar-refractivity contribution in [3.63, 3.8) is 0 Å². The quantitative estimate of drug-likeness (QED) is 0.358. The largest absolute Gasteiger partial charge is 0.508 e. The molecule has 2 heterocycles. The van der Waals surface area contributed by atoms with Crippen molar-refractivity contribution in [3.8, 4) is 5.75 Å². The highest BCUT2D eigenvalue weighted by molar-refractivity contribution is 5.94. The summed E-state index contributed by atoms with van der Waals surface area (Å²) in [4.78, 5) is 18.3. The fourth-order valence-electron chi connectivity index (χ4n) is 6.90. The van der Waals surface area contributed by atoms with Crippen molar-refractivity contribution in [2.75, 3.05) is 19.6 Å². The Morgan fingerprint density at radius 1 is 0.946 bits per heavy atom. The summed E-state index contributed by atoms with van der Waals surface area (Å²) in [6, 6.07) is 17.4. The van der Waals surface area contributed by atoms with Crippen LogP contribution in [0.3, 0.4) is 0 Å². The van der Waals surface area contributed by atoms with Crippen LogP contribution in [-0.2, 0) is 0 Å². The van der Waals surface area contributed by atoms with E-state index in [1.54, 1.807) is 6.07 Å². The molecule has 5 heteroatoms. The molecule has 3 fully saturated rings. The molecule has 2 N–H and O–H groups in total. The molecule has 2 aromatic rings. The molecule has 37 heavy (non-hydrogen) atoms. The third-order valence-electron chi connectivity index (χ3n) is 8.78. The number of amides is 1. The minimum absolute atomic E-state index is 0.0380. The molecule has 2 aromatic carbocycles. The topological polar surface area (TPSA) is 55.8 Å². The van der Waals surface area contributed by atoms with Crippen LogP contribution in [0, 0.1) is 0 Å². The smallest absolute Gasteiger partial charge is 0.251 e. The molecule has 1 amide bonds. The maximum Gasteiger partial charge on any atom is 0.251 e. The molecule has 2 bridgehead atoms. The van der Waals surface area contributed by atoms with Crippen LogP contribution >= 0.6 is 0 Å². The van der Waals surface area contributed by atoms with E-state index in [4.69, 9.17) is 0 Å². The fraction of sp³-hybridized carbons (Fsp3) is 0.531. The van der Waals surface area contributed by atoms with Crippen molar-refractivity contribution >= 4 is 5.91 Å². The van der Waals surface area contributed by atoms with Gasteiger partial charge in [0.25, 0.3) is 5.91 Å². The van der Waals surface area contributed by atoms with Crippen molar-refractivity contribution in [1.29, 1.82) is 0 Å². The molecule has 2 saturated heterocycles. The van der Waals surface area contributed by atoms with E-state index in [9.17, 15) is 9.90 Å². The summed E-state index contributed by atoms with van der Waals surface area (Å²) >= 11 is 0.